The van der Waals surface area contributed by atoms with E-state index in [1.165, 1.54) is 12.1 Å². The number of nitrogens with zero attached hydrogens (tertiary/aromatic N) is 1. The van der Waals surface area contributed by atoms with Gasteiger partial charge in [-0.25, -0.2) is 4.39 Å². The van der Waals surface area contributed by atoms with Gasteiger partial charge in [0.05, 0.1) is 5.02 Å². The molecule has 0 spiro atoms. The largest absolute Gasteiger partial charge is 0.479 e. The van der Waals surface area contributed by atoms with Gasteiger partial charge in [0.2, 0.25) is 0 Å². The minimum absolute atomic E-state index is 0. The zero-order valence-electron chi connectivity index (χ0n) is 13.0. The summed E-state index contributed by atoms with van der Waals surface area (Å²) in [5, 5.41) is 6.27. The summed E-state index contributed by atoms with van der Waals surface area (Å²) >= 11 is 5.87. The van der Waals surface area contributed by atoms with Gasteiger partial charge in [0.25, 0.3) is 5.91 Å². The van der Waals surface area contributed by atoms with E-state index in [9.17, 15) is 9.18 Å². The molecule has 1 saturated heterocycles. The Balaban J connectivity index is 0.00000264. The van der Waals surface area contributed by atoms with Crippen LogP contribution in [0.4, 0.5) is 4.39 Å². The molecule has 1 unspecified atom stereocenters. The summed E-state index contributed by atoms with van der Waals surface area (Å²) in [6, 6.07) is 3.82. The number of hydrogen-bond acceptors (Lipinski definition) is 4. The lowest BCUT2D eigenvalue weighted by Crippen LogP contribution is -2.47. The first-order valence-electron chi connectivity index (χ1n) is 7.39. The zero-order valence-corrected chi connectivity index (χ0v) is 14.6. The van der Waals surface area contributed by atoms with E-state index in [0.717, 1.165) is 38.8 Å². The van der Waals surface area contributed by atoms with Crippen molar-refractivity contribution < 1.29 is 13.9 Å². The highest BCUT2D eigenvalue weighted by atomic mass is 35.5. The molecular weight excluding hydrogens is 344 g/mol. The summed E-state index contributed by atoms with van der Waals surface area (Å²) in [6.07, 6.45) is -0.689. The number of carbonyl (C=O) groups excluding carboxylic acids is 1. The monoisotopic (exact) mass is 365 g/mol. The summed E-state index contributed by atoms with van der Waals surface area (Å²) in [4.78, 5) is 14.3. The van der Waals surface area contributed by atoms with E-state index >= 15 is 0 Å². The highest BCUT2D eigenvalue weighted by Crippen LogP contribution is 2.25. The third-order valence-electron chi connectivity index (χ3n) is 3.50. The number of hydrogen-bond donors (Lipinski definition) is 2. The highest BCUT2D eigenvalue weighted by molar-refractivity contribution is 6.32. The first-order chi connectivity index (χ1) is 10.6. The second-order valence-corrected chi connectivity index (χ2v) is 5.62. The number of amides is 1. The fourth-order valence-electron chi connectivity index (χ4n) is 2.23. The minimum atomic E-state index is -0.689. The lowest BCUT2D eigenvalue weighted by atomic mass is 10.3. The van der Waals surface area contributed by atoms with Crippen LogP contribution in [0.3, 0.4) is 0 Å². The maximum absolute atomic E-state index is 13.0. The number of nitrogens with one attached hydrogen (secondary N) is 2. The molecule has 1 aliphatic heterocycles. The van der Waals surface area contributed by atoms with Crippen molar-refractivity contribution in [3.63, 3.8) is 0 Å². The molecule has 5 nitrogen and oxygen atoms in total. The minimum Gasteiger partial charge on any atom is -0.479 e. The van der Waals surface area contributed by atoms with Gasteiger partial charge in [-0.1, -0.05) is 11.6 Å². The van der Waals surface area contributed by atoms with Crippen LogP contribution in [0.15, 0.2) is 18.2 Å². The van der Waals surface area contributed by atoms with Crippen molar-refractivity contribution in [1.82, 2.24) is 15.5 Å². The summed E-state index contributed by atoms with van der Waals surface area (Å²) in [7, 11) is 0. The Kier molecular flexibility index (Phi) is 8.62. The molecule has 1 aromatic rings. The molecule has 2 rings (SSSR count). The molecule has 1 heterocycles. The maximum Gasteiger partial charge on any atom is 0.260 e. The molecule has 2 N–H and O–H groups in total. The van der Waals surface area contributed by atoms with Gasteiger partial charge in [-0.3, -0.25) is 9.69 Å². The number of benzene rings is 1. The number of ether oxygens (including phenoxy) is 1. The molecule has 8 heteroatoms. The third kappa shape index (κ3) is 6.51. The zero-order chi connectivity index (χ0) is 15.9. The van der Waals surface area contributed by atoms with Crippen molar-refractivity contribution in [3.8, 4) is 5.75 Å². The molecular formula is C15H22Cl2FN3O2. The summed E-state index contributed by atoms with van der Waals surface area (Å²) in [6.45, 7) is 6.98. The number of rotatable bonds is 6. The highest BCUT2D eigenvalue weighted by Gasteiger charge is 2.16. The molecule has 1 aliphatic rings. The number of halogens is 3. The Morgan fingerprint density at radius 2 is 2.17 bits per heavy atom. The van der Waals surface area contributed by atoms with E-state index in [-0.39, 0.29) is 23.3 Å². The predicted octanol–water partition coefficient (Wildman–Crippen LogP) is 1.69. The molecule has 1 fully saturated rings. The normalized spacial score (nSPS) is 16.3. The van der Waals surface area contributed by atoms with Gasteiger partial charge in [-0.15, -0.1) is 12.4 Å². The Hall–Kier alpha value is -1.08. The lowest BCUT2D eigenvalue weighted by Gasteiger charge is -2.27. The topological polar surface area (TPSA) is 53.6 Å². The van der Waals surface area contributed by atoms with Gasteiger partial charge in [-0.05, 0) is 25.1 Å². The number of carbonyl (C=O) groups is 1. The molecule has 1 aromatic carbocycles. The van der Waals surface area contributed by atoms with Crippen molar-refractivity contribution in [2.24, 2.45) is 0 Å². The summed E-state index contributed by atoms with van der Waals surface area (Å²) in [5.41, 5.74) is 0. The van der Waals surface area contributed by atoms with Crippen molar-refractivity contribution in [3.05, 3.63) is 29.0 Å². The van der Waals surface area contributed by atoms with E-state index in [0.29, 0.717) is 12.3 Å². The van der Waals surface area contributed by atoms with Crippen LogP contribution in [0.5, 0.6) is 5.75 Å². The van der Waals surface area contributed by atoms with E-state index in [1.807, 2.05) is 0 Å². The van der Waals surface area contributed by atoms with Crippen LogP contribution in [-0.2, 0) is 4.79 Å². The van der Waals surface area contributed by atoms with E-state index in [1.54, 1.807) is 6.92 Å². The van der Waals surface area contributed by atoms with E-state index < -0.39 is 11.9 Å². The molecule has 0 saturated carbocycles. The lowest BCUT2D eigenvalue weighted by molar-refractivity contribution is -0.127. The Morgan fingerprint density at radius 3 is 2.83 bits per heavy atom. The summed E-state index contributed by atoms with van der Waals surface area (Å²) in [5.74, 6) is -0.353. The Bertz CT molecular complexity index is 513. The molecule has 0 aromatic heterocycles. The van der Waals surface area contributed by atoms with Crippen molar-refractivity contribution >= 4 is 29.9 Å². The fourth-order valence-corrected chi connectivity index (χ4v) is 2.44. The van der Waals surface area contributed by atoms with Crippen LogP contribution in [-0.4, -0.2) is 56.2 Å². The molecule has 1 amide bonds. The van der Waals surface area contributed by atoms with Crippen LogP contribution in [0.2, 0.25) is 5.02 Å². The van der Waals surface area contributed by atoms with Crippen molar-refractivity contribution in [2.75, 3.05) is 39.3 Å². The molecule has 130 valence electrons. The molecule has 23 heavy (non-hydrogen) atoms. The quantitative estimate of drug-likeness (QED) is 0.805. The van der Waals surface area contributed by atoms with Gasteiger partial charge in [-0.2, -0.15) is 0 Å². The smallest absolute Gasteiger partial charge is 0.260 e. The van der Waals surface area contributed by atoms with Gasteiger partial charge in [0, 0.05) is 39.3 Å². The SMILES string of the molecule is CC(Oc1ccc(F)cc1Cl)C(=O)NCCN1CCNCC1.Cl. The van der Waals surface area contributed by atoms with Gasteiger partial charge in [0.1, 0.15) is 11.6 Å². The number of piperazine rings is 1. The van der Waals surface area contributed by atoms with E-state index in [4.69, 9.17) is 16.3 Å². The summed E-state index contributed by atoms with van der Waals surface area (Å²) < 4.78 is 18.4. The van der Waals surface area contributed by atoms with Crippen LogP contribution in [0.25, 0.3) is 0 Å². The standard InChI is InChI=1S/C15H21ClFN3O2.ClH/c1-11(22-14-3-2-12(17)10-13(14)16)15(21)19-6-9-20-7-4-18-5-8-20;/h2-3,10-11,18H,4-9H2,1H3,(H,19,21);1H. The fraction of sp³-hybridized carbons (Fsp3) is 0.533. The van der Waals surface area contributed by atoms with E-state index in [2.05, 4.69) is 15.5 Å². The average molecular weight is 366 g/mol. The van der Waals surface area contributed by atoms with Crippen molar-refractivity contribution in [1.29, 1.82) is 0 Å². The first kappa shape index (κ1) is 20.0. The molecule has 0 aliphatic carbocycles. The van der Waals surface area contributed by atoms with Crippen LogP contribution >= 0.6 is 24.0 Å². The average Bonchev–Trinajstić information content (AvgIpc) is 2.51. The van der Waals surface area contributed by atoms with Gasteiger partial charge >= 0.3 is 0 Å². The molecule has 0 radical (unpaired) electrons. The third-order valence-corrected chi connectivity index (χ3v) is 3.80. The van der Waals surface area contributed by atoms with Crippen LogP contribution in [0, 0.1) is 5.82 Å². The predicted molar refractivity (Wildman–Crippen MR) is 91.1 cm³/mol. The van der Waals surface area contributed by atoms with Gasteiger partial charge in [0.15, 0.2) is 6.10 Å². The molecule has 1 atom stereocenters. The maximum atomic E-state index is 13.0. The van der Waals surface area contributed by atoms with Crippen LogP contribution < -0.4 is 15.4 Å². The second-order valence-electron chi connectivity index (χ2n) is 5.22. The first-order valence-corrected chi connectivity index (χ1v) is 7.76. The molecule has 0 bridgehead atoms. The Morgan fingerprint density at radius 1 is 1.48 bits per heavy atom. The Labute approximate surface area is 146 Å². The second kappa shape index (κ2) is 9.93. The van der Waals surface area contributed by atoms with Gasteiger partial charge < -0.3 is 15.4 Å². The van der Waals surface area contributed by atoms with Crippen LogP contribution in [0.1, 0.15) is 6.92 Å². The van der Waals surface area contributed by atoms with Crippen molar-refractivity contribution in [2.45, 2.75) is 13.0 Å².